The first kappa shape index (κ1) is 22.5. The number of para-hydroxylation sites is 1. The molecular weight excluding hydrogens is 392 g/mol. The van der Waals surface area contributed by atoms with Crippen LogP contribution in [0.3, 0.4) is 0 Å². The summed E-state index contributed by atoms with van der Waals surface area (Å²) >= 11 is 0. The average molecular weight is 421 g/mol. The molecule has 0 aliphatic carbocycles. The number of amides is 1. The summed E-state index contributed by atoms with van der Waals surface area (Å²) in [4.78, 5) is 12.5. The molecule has 0 aromatic heterocycles. The Bertz CT molecular complexity index is 959. The number of methoxy groups -OCH3 is 1. The second kappa shape index (κ2) is 9.65. The molecule has 0 bridgehead atoms. The molecule has 0 fully saturated rings. The fourth-order valence-electron chi connectivity index (χ4n) is 2.80. The van der Waals surface area contributed by atoms with E-state index in [0.29, 0.717) is 11.4 Å². The van der Waals surface area contributed by atoms with Gasteiger partial charge in [-0.1, -0.05) is 24.3 Å². The zero-order chi connectivity index (χ0) is 21.6. The average Bonchev–Trinajstić information content (AvgIpc) is 2.64. The number of rotatable bonds is 9. The zero-order valence-electron chi connectivity index (χ0n) is 17.4. The Kier molecular flexibility index (Phi) is 7.50. The maximum atomic E-state index is 12.5. The second-order valence-electron chi connectivity index (χ2n) is 6.99. The van der Waals surface area contributed by atoms with Gasteiger partial charge in [0.2, 0.25) is 15.9 Å². The topological polar surface area (TPSA) is 84.9 Å². The highest BCUT2D eigenvalue weighted by atomic mass is 32.2. The predicted octanol–water partition coefficient (Wildman–Crippen LogP) is 2.66. The second-order valence-corrected chi connectivity index (χ2v) is 8.90. The van der Waals surface area contributed by atoms with E-state index in [9.17, 15) is 13.2 Å². The fourth-order valence-corrected chi connectivity index (χ4v) is 3.65. The van der Waals surface area contributed by atoms with Gasteiger partial charge in [-0.3, -0.25) is 9.10 Å². The minimum Gasteiger partial charge on any atom is -0.495 e. The fraction of sp³-hybridized carbons (Fsp3) is 0.381. The Morgan fingerprint density at radius 1 is 1.14 bits per heavy atom. The molecule has 29 heavy (non-hydrogen) atoms. The van der Waals surface area contributed by atoms with Gasteiger partial charge in [0.25, 0.3) is 0 Å². The largest absolute Gasteiger partial charge is 0.495 e. The van der Waals surface area contributed by atoms with Crippen molar-refractivity contribution in [1.82, 2.24) is 5.32 Å². The molecule has 0 spiro atoms. The van der Waals surface area contributed by atoms with Crippen molar-refractivity contribution in [1.29, 1.82) is 0 Å². The third-order valence-corrected chi connectivity index (χ3v) is 5.41. The molecule has 0 heterocycles. The number of hydrogen-bond donors (Lipinski definition) is 1. The van der Waals surface area contributed by atoms with Crippen molar-refractivity contribution in [2.75, 3.05) is 30.8 Å². The summed E-state index contributed by atoms with van der Waals surface area (Å²) in [6, 6.07) is 12.5. The first-order valence-corrected chi connectivity index (χ1v) is 11.1. The van der Waals surface area contributed by atoms with Crippen LogP contribution in [0.1, 0.15) is 18.1 Å². The van der Waals surface area contributed by atoms with E-state index in [1.807, 2.05) is 44.2 Å². The molecule has 0 radical (unpaired) electrons. The molecule has 1 atom stereocenters. The van der Waals surface area contributed by atoms with E-state index in [-0.39, 0.29) is 19.2 Å². The van der Waals surface area contributed by atoms with Crippen LogP contribution in [0.2, 0.25) is 0 Å². The third-order valence-electron chi connectivity index (χ3n) is 4.28. The summed E-state index contributed by atoms with van der Waals surface area (Å²) in [5, 5.41) is 2.78. The van der Waals surface area contributed by atoms with Crippen molar-refractivity contribution < 1.29 is 22.7 Å². The van der Waals surface area contributed by atoms with Gasteiger partial charge < -0.3 is 14.8 Å². The monoisotopic (exact) mass is 420 g/mol. The van der Waals surface area contributed by atoms with Crippen LogP contribution in [-0.2, 0) is 14.8 Å². The Balaban J connectivity index is 2.07. The van der Waals surface area contributed by atoms with Crippen LogP contribution in [0.25, 0.3) is 0 Å². The number of anilines is 1. The molecule has 1 N–H and O–H groups in total. The van der Waals surface area contributed by atoms with E-state index in [0.717, 1.165) is 27.4 Å². The van der Waals surface area contributed by atoms with Crippen molar-refractivity contribution in [2.45, 2.75) is 26.8 Å². The predicted molar refractivity (Wildman–Crippen MR) is 114 cm³/mol. The Hall–Kier alpha value is -2.74. The number of carbonyl (C=O) groups is 1. The molecule has 2 rings (SSSR count). The molecule has 0 saturated carbocycles. The van der Waals surface area contributed by atoms with Gasteiger partial charge in [-0.2, -0.15) is 0 Å². The number of nitrogens with one attached hydrogen (secondary N) is 1. The van der Waals surface area contributed by atoms with Crippen LogP contribution in [0, 0.1) is 13.8 Å². The quantitative estimate of drug-likeness (QED) is 0.674. The minimum absolute atomic E-state index is 0.267. The smallest absolute Gasteiger partial charge is 0.241 e. The van der Waals surface area contributed by atoms with Gasteiger partial charge in [0.05, 0.1) is 25.1 Å². The lowest BCUT2D eigenvalue weighted by atomic mass is 10.2. The first-order valence-electron chi connectivity index (χ1n) is 9.22. The number of carbonyl (C=O) groups excluding carboxylic acids is 1. The van der Waals surface area contributed by atoms with E-state index in [4.69, 9.17) is 9.47 Å². The molecule has 2 aromatic carbocycles. The van der Waals surface area contributed by atoms with Gasteiger partial charge in [0.15, 0.2) is 0 Å². The van der Waals surface area contributed by atoms with E-state index in [1.165, 1.54) is 7.11 Å². The molecule has 0 saturated heterocycles. The van der Waals surface area contributed by atoms with Crippen molar-refractivity contribution in [2.24, 2.45) is 0 Å². The van der Waals surface area contributed by atoms with Crippen LogP contribution in [0.15, 0.2) is 42.5 Å². The number of ether oxygens (including phenoxy) is 2. The van der Waals surface area contributed by atoms with E-state index >= 15 is 0 Å². The molecular formula is C21H28N2O5S. The first-order chi connectivity index (χ1) is 13.6. The molecule has 0 aliphatic rings. The van der Waals surface area contributed by atoms with Crippen LogP contribution in [0.4, 0.5) is 5.69 Å². The van der Waals surface area contributed by atoms with E-state index in [2.05, 4.69) is 5.32 Å². The number of nitrogens with zero attached hydrogens (tertiary/aromatic N) is 1. The summed E-state index contributed by atoms with van der Waals surface area (Å²) in [7, 11) is -2.24. The van der Waals surface area contributed by atoms with Crippen LogP contribution < -0.4 is 19.1 Å². The lowest BCUT2D eigenvalue weighted by molar-refractivity contribution is -0.120. The van der Waals surface area contributed by atoms with Gasteiger partial charge in [0, 0.05) is 0 Å². The number of benzene rings is 2. The Morgan fingerprint density at radius 2 is 1.83 bits per heavy atom. The van der Waals surface area contributed by atoms with Crippen LogP contribution >= 0.6 is 0 Å². The molecule has 7 nitrogen and oxygen atoms in total. The number of hydrogen-bond acceptors (Lipinski definition) is 5. The summed E-state index contributed by atoms with van der Waals surface area (Å²) in [5.74, 6) is 0.695. The van der Waals surface area contributed by atoms with E-state index in [1.54, 1.807) is 19.1 Å². The van der Waals surface area contributed by atoms with Crippen LogP contribution in [-0.4, -0.2) is 46.9 Å². The Labute approximate surface area is 172 Å². The third kappa shape index (κ3) is 6.39. The van der Waals surface area contributed by atoms with Crippen molar-refractivity contribution in [3.8, 4) is 11.5 Å². The molecule has 0 aliphatic heterocycles. The van der Waals surface area contributed by atoms with Gasteiger partial charge in [-0.15, -0.1) is 0 Å². The highest BCUT2D eigenvalue weighted by molar-refractivity contribution is 7.92. The molecule has 2 aromatic rings. The van der Waals surface area contributed by atoms with Crippen molar-refractivity contribution >= 4 is 21.6 Å². The maximum absolute atomic E-state index is 12.5. The van der Waals surface area contributed by atoms with Gasteiger partial charge in [-0.25, -0.2) is 8.42 Å². The molecule has 158 valence electrons. The Morgan fingerprint density at radius 3 is 2.45 bits per heavy atom. The van der Waals surface area contributed by atoms with E-state index < -0.39 is 15.9 Å². The highest BCUT2D eigenvalue weighted by Gasteiger charge is 2.24. The molecule has 8 heteroatoms. The van der Waals surface area contributed by atoms with Gasteiger partial charge in [0.1, 0.15) is 24.7 Å². The lowest BCUT2D eigenvalue weighted by Crippen LogP contribution is -2.45. The molecule has 0 unspecified atom stereocenters. The van der Waals surface area contributed by atoms with Crippen molar-refractivity contribution in [3.05, 3.63) is 53.6 Å². The highest BCUT2D eigenvalue weighted by Crippen LogP contribution is 2.30. The molecule has 1 amide bonds. The summed E-state index contributed by atoms with van der Waals surface area (Å²) in [5.41, 5.74) is 2.18. The van der Waals surface area contributed by atoms with Gasteiger partial charge in [-0.05, 0) is 50.1 Å². The standard InChI is InChI=1S/C21H28N2O5S/c1-15-10-11-20(27-4)18(12-15)23(29(5,25)26)13-21(24)22-17(3)14-28-19-9-7-6-8-16(19)2/h6-12,17H,13-14H2,1-5H3,(H,22,24)/t17-/m0/s1. The van der Waals surface area contributed by atoms with Gasteiger partial charge >= 0.3 is 0 Å². The number of sulfonamides is 1. The summed E-state index contributed by atoms with van der Waals surface area (Å²) in [6.45, 7) is 5.50. The lowest BCUT2D eigenvalue weighted by Gasteiger charge is -2.25. The maximum Gasteiger partial charge on any atom is 0.241 e. The minimum atomic E-state index is -3.70. The zero-order valence-corrected chi connectivity index (χ0v) is 18.2. The normalized spacial score (nSPS) is 12.2. The van der Waals surface area contributed by atoms with Crippen molar-refractivity contribution in [3.63, 3.8) is 0 Å². The number of aryl methyl sites for hydroxylation is 2. The summed E-state index contributed by atoms with van der Waals surface area (Å²) < 4.78 is 36.8. The van der Waals surface area contributed by atoms with Crippen LogP contribution in [0.5, 0.6) is 11.5 Å². The summed E-state index contributed by atoms with van der Waals surface area (Å²) in [6.07, 6.45) is 1.06. The SMILES string of the molecule is COc1ccc(C)cc1N(CC(=O)N[C@@H](C)COc1ccccc1C)S(C)(=O)=O.